The van der Waals surface area contributed by atoms with Crippen molar-refractivity contribution in [2.45, 2.75) is 89.3 Å². The van der Waals surface area contributed by atoms with E-state index in [9.17, 15) is 33.1 Å². The summed E-state index contributed by atoms with van der Waals surface area (Å²) in [6.45, 7) is 5.82. The van der Waals surface area contributed by atoms with E-state index in [1.165, 1.54) is 17.0 Å². The number of hydrogen-bond donors (Lipinski definition) is 4. The van der Waals surface area contributed by atoms with Crippen molar-refractivity contribution in [3.8, 4) is 0 Å². The number of carbonyl (C=O) groups excluding carboxylic acids is 4. The highest BCUT2D eigenvalue weighted by Gasteiger charge is 2.33. The normalized spacial score (nSPS) is 19.6. The highest BCUT2D eigenvalue weighted by Crippen LogP contribution is 2.24. The highest BCUT2D eigenvalue weighted by molar-refractivity contribution is 5.99. The van der Waals surface area contributed by atoms with E-state index in [0.717, 1.165) is 12.1 Å². The molecule has 2 aromatic carbocycles. The van der Waals surface area contributed by atoms with Gasteiger partial charge in [-0.25, -0.2) is 8.78 Å². The summed E-state index contributed by atoms with van der Waals surface area (Å²) >= 11 is 0. The average Bonchev–Trinajstić information content (AvgIpc) is 3.05. The molecule has 4 N–H and O–H groups in total. The van der Waals surface area contributed by atoms with E-state index >= 15 is 0 Å². The Labute approximate surface area is 280 Å². The zero-order valence-corrected chi connectivity index (χ0v) is 28.4. The average molecular weight is 675 g/mol. The maximum atomic E-state index is 14.0. The maximum absolute atomic E-state index is 14.0. The Kier molecular flexibility index (Phi) is 14.4. The van der Waals surface area contributed by atoms with Crippen molar-refractivity contribution in [2.75, 3.05) is 27.8 Å². The molecular formula is C35H48F2N4O7. The highest BCUT2D eigenvalue weighted by atomic mass is 19.1. The van der Waals surface area contributed by atoms with Gasteiger partial charge in [-0.15, -0.1) is 0 Å². The van der Waals surface area contributed by atoms with Crippen LogP contribution in [0.15, 0.2) is 42.5 Å². The second-order valence-electron chi connectivity index (χ2n) is 12.7. The third-order valence-electron chi connectivity index (χ3n) is 8.65. The van der Waals surface area contributed by atoms with Gasteiger partial charge in [-0.1, -0.05) is 19.9 Å². The monoisotopic (exact) mass is 674 g/mol. The van der Waals surface area contributed by atoms with Crippen molar-refractivity contribution in [1.29, 1.82) is 0 Å². The second-order valence-corrected chi connectivity index (χ2v) is 12.7. The summed E-state index contributed by atoms with van der Waals surface area (Å²) in [6.07, 6.45) is -0.548. The molecule has 264 valence electrons. The molecule has 1 aliphatic rings. The lowest BCUT2D eigenvalue weighted by molar-refractivity contribution is -0.132. The van der Waals surface area contributed by atoms with Crippen molar-refractivity contribution < 1.29 is 42.5 Å². The lowest BCUT2D eigenvalue weighted by Gasteiger charge is -2.35. The largest absolute Gasteiger partial charge is 0.390 e. The number of aliphatic hydroxyl groups excluding tert-OH is 1. The minimum Gasteiger partial charge on any atom is -0.390 e. The number of nitrogens with zero attached hydrogens (tertiary/aromatic N) is 1. The number of rotatable bonds is 15. The van der Waals surface area contributed by atoms with Crippen molar-refractivity contribution in [3.05, 3.63) is 70.8 Å². The molecule has 1 fully saturated rings. The van der Waals surface area contributed by atoms with E-state index in [2.05, 4.69) is 16.0 Å². The van der Waals surface area contributed by atoms with Crippen LogP contribution in [0.3, 0.4) is 0 Å². The van der Waals surface area contributed by atoms with Crippen LogP contribution < -0.4 is 16.0 Å². The minimum absolute atomic E-state index is 0.0874. The van der Waals surface area contributed by atoms with Gasteiger partial charge < -0.3 is 35.4 Å². The first-order valence-corrected chi connectivity index (χ1v) is 16.2. The topological polar surface area (TPSA) is 146 Å². The lowest BCUT2D eigenvalue weighted by Crippen LogP contribution is -2.55. The third-order valence-corrected chi connectivity index (χ3v) is 8.65. The zero-order valence-electron chi connectivity index (χ0n) is 28.4. The first-order valence-electron chi connectivity index (χ1n) is 16.2. The van der Waals surface area contributed by atoms with E-state index in [4.69, 9.17) is 9.47 Å². The number of nitrogens with one attached hydrogen (secondary N) is 3. The van der Waals surface area contributed by atoms with Gasteiger partial charge in [0.2, 0.25) is 11.8 Å². The van der Waals surface area contributed by atoms with Crippen LogP contribution >= 0.6 is 0 Å². The fraction of sp³-hybridized carbons (Fsp3) is 0.543. The van der Waals surface area contributed by atoms with E-state index in [1.54, 1.807) is 47.2 Å². The molecule has 11 nitrogen and oxygen atoms in total. The quantitative estimate of drug-likeness (QED) is 0.227. The Balaban J connectivity index is 1.76. The Morgan fingerprint density at radius 1 is 0.938 bits per heavy atom. The summed E-state index contributed by atoms with van der Waals surface area (Å²) < 4.78 is 39.1. The van der Waals surface area contributed by atoms with Crippen LogP contribution in [0, 0.1) is 17.6 Å². The van der Waals surface area contributed by atoms with Crippen LogP contribution in [0.4, 0.5) is 8.78 Å². The smallest absolute Gasteiger partial charge is 0.253 e. The molecule has 0 aliphatic heterocycles. The Morgan fingerprint density at radius 3 is 2.10 bits per heavy atom. The minimum atomic E-state index is -1.52. The van der Waals surface area contributed by atoms with Gasteiger partial charge in [-0.2, -0.15) is 0 Å². The predicted octanol–water partition coefficient (Wildman–Crippen LogP) is 2.99. The predicted molar refractivity (Wildman–Crippen MR) is 175 cm³/mol. The summed E-state index contributed by atoms with van der Waals surface area (Å²) in [5.74, 6) is -4.01. The Bertz CT molecular complexity index is 1390. The number of hydrogen-bond acceptors (Lipinski definition) is 7. The Hall–Kier alpha value is -3.94. The van der Waals surface area contributed by atoms with Crippen LogP contribution in [-0.4, -0.2) is 97.9 Å². The molecule has 0 heterocycles. The molecular weight excluding hydrogens is 626 g/mol. The van der Waals surface area contributed by atoms with Crippen LogP contribution in [0.2, 0.25) is 0 Å². The molecule has 0 aromatic heterocycles. The van der Waals surface area contributed by atoms with Crippen LogP contribution in [-0.2, 0) is 25.5 Å². The lowest BCUT2D eigenvalue weighted by atomic mass is 9.89. The molecule has 0 saturated heterocycles. The maximum Gasteiger partial charge on any atom is 0.253 e. The summed E-state index contributed by atoms with van der Waals surface area (Å²) in [4.78, 5) is 54.0. The molecule has 13 heteroatoms. The van der Waals surface area contributed by atoms with Gasteiger partial charge in [0.15, 0.2) is 0 Å². The fourth-order valence-electron chi connectivity index (χ4n) is 5.78. The van der Waals surface area contributed by atoms with E-state index in [1.807, 2.05) is 6.92 Å². The number of aliphatic hydroxyl groups is 1. The molecule has 0 bridgehead atoms. The summed E-state index contributed by atoms with van der Waals surface area (Å²) in [5, 5.41) is 19.6. The molecule has 1 aliphatic carbocycles. The number of methoxy groups -OCH3 is 2. The van der Waals surface area contributed by atoms with Gasteiger partial charge in [-0.05, 0) is 74.4 Å². The van der Waals surface area contributed by atoms with E-state index < -0.39 is 54.0 Å². The van der Waals surface area contributed by atoms with Crippen LogP contribution in [0.1, 0.15) is 72.7 Å². The van der Waals surface area contributed by atoms with Gasteiger partial charge in [0, 0.05) is 51.0 Å². The molecule has 5 atom stereocenters. The standard InChI is InChI=1S/C35H48F2N4O7/c1-7-41(4)35(46)23-10-8-9-22(14-23)33(44)39-29(13-21-11-24(36)15-25(37)12-21)30(42)19-31(43)40-32(20(2)3)34(45)38-26-16-27(47-5)18-28(17-26)48-6/h8-12,14-15,20,26-30,32,42H,7,13,16-19H2,1-6H3,(H,38,45)(H,39,44)(H,40,43)/t26?,27?,28?,29-,30-,32-/m0/s1. The van der Waals surface area contributed by atoms with Crippen molar-refractivity contribution in [1.82, 2.24) is 20.9 Å². The number of ether oxygens (including phenoxy) is 2. The summed E-state index contributed by atoms with van der Waals surface area (Å²) in [7, 11) is 4.84. The van der Waals surface area contributed by atoms with Crippen LogP contribution in [0.25, 0.3) is 0 Å². The summed E-state index contributed by atoms with van der Waals surface area (Å²) in [6, 6.07) is 6.51. The first kappa shape index (κ1) is 38.5. The molecule has 1 saturated carbocycles. The number of halogens is 2. The van der Waals surface area contributed by atoms with Gasteiger partial charge in [0.05, 0.1) is 30.8 Å². The first-order chi connectivity index (χ1) is 22.7. The zero-order chi connectivity index (χ0) is 35.5. The van der Waals surface area contributed by atoms with E-state index in [0.29, 0.717) is 31.9 Å². The van der Waals surface area contributed by atoms with Gasteiger partial charge in [0.1, 0.15) is 17.7 Å². The Morgan fingerprint density at radius 2 is 1.54 bits per heavy atom. The van der Waals surface area contributed by atoms with Gasteiger partial charge >= 0.3 is 0 Å². The fourth-order valence-corrected chi connectivity index (χ4v) is 5.78. The molecule has 48 heavy (non-hydrogen) atoms. The third kappa shape index (κ3) is 11.1. The summed E-state index contributed by atoms with van der Waals surface area (Å²) in [5.41, 5.74) is 0.530. The molecule has 3 rings (SSSR count). The van der Waals surface area contributed by atoms with Crippen molar-refractivity contribution >= 4 is 23.6 Å². The molecule has 0 radical (unpaired) electrons. The molecule has 2 aromatic rings. The number of carbonyl (C=O) groups is 4. The van der Waals surface area contributed by atoms with Crippen molar-refractivity contribution in [3.63, 3.8) is 0 Å². The second kappa shape index (κ2) is 18.0. The number of amides is 4. The number of benzene rings is 2. The molecule has 2 unspecified atom stereocenters. The molecule has 0 spiro atoms. The molecule has 4 amide bonds. The van der Waals surface area contributed by atoms with E-state index in [-0.39, 0.29) is 53.2 Å². The van der Waals surface area contributed by atoms with Crippen LogP contribution in [0.5, 0.6) is 0 Å². The SMILES string of the molecule is CCN(C)C(=O)c1cccc(C(=O)N[C@@H](Cc2cc(F)cc(F)c2)[C@@H](O)CC(=O)N[C@H](C(=O)NC2CC(OC)CC(OC)C2)C(C)C)c1. The van der Waals surface area contributed by atoms with Gasteiger partial charge in [-0.3, -0.25) is 19.2 Å². The van der Waals surface area contributed by atoms with Crippen molar-refractivity contribution in [2.24, 2.45) is 5.92 Å². The van der Waals surface area contributed by atoms with Gasteiger partial charge in [0.25, 0.3) is 11.8 Å².